The van der Waals surface area contributed by atoms with E-state index in [0.29, 0.717) is 11.3 Å². The van der Waals surface area contributed by atoms with Crippen molar-refractivity contribution in [2.75, 3.05) is 12.3 Å². The summed E-state index contributed by atoms with van der Waals surface area (Å²) in [5, 5.41) is 0.640. The van der Waals surface area contributed by atoms with E-state index in [4.69, 9.17) is 0 Å². The summed E-state index contributed by atoms with van der Waals surface area (Å²) in [6.45, 7) is 2.34. The number of hydrogen-bond acceptors (Lipinski definition) is 3. The fraction of sp³-hybridized carbons (Fsp3) is 0.778. The van der Waals surface area contributed by atoms with Crippen LogP contribution in [0, 0.1) is 0 Å². The van der Waals surface area contributed by atoms with Crippen LogP contribution in [0.25, 0.3) is 0 Å². The molecule has 0 N–H and O–H groups in total. The minimum atomic E-state index is -0.0274. The second kappa shape index (κ2) is 3.33. The zero-order valence-corrected chi connectivity index (χ0v) is 8.47. The largest absolute Gasteiger partial charge is 0.337 e. The Balaban J connectivity index is 1.95. The smallest absolute Gasteiger partial charge is 0.230 e. The number of carbonyl (C=O) groups is 2. The minimum absolute atomic E-state index is 0.0274. The number of fused-ring (bicyclic) bond motifs is 2. The molecular formula is C9H13NO2S. The number of rotatable bonds is 2. The molecule has 2 aliphatic rings. The van der Waals surface area contributed by atoms with Gasteiger partial charge in [-0.25, -0.2) is 0 Å². The van der Waals surface area contributed by atoms with E-state index in [1.807, 2.05) is 16.7 Å². The molecule has 3 nitrogen and oxygen atoms in total. The SMILES string of the molecule is CC(=O)CC(=O)N1CC2CC1CS2. The number of nitrogens with zero attached hydrogens (tertiary/aromatic N) is 1. The fourth-order valence-electron chi connectivity index (χ4n) is 2.02. The third kappa shape index (κ3) is 1.73. The Kier molecular flexibility index (Phi) is 2.32. The van der Waals surface area contributed by atoms with Gasteiger partial charge < -0.3 is 4.90 Å². The predicted octanol–water partition coefficient (Wildman–Crippen LogP) is 0.682. The highest BCUT2D eigenvalue weighted by Crippen LogP contribution is 2.37. The lowest BCUT2D eigenvalue weighted by Gasteiger charge is -2.26. The summed E-state index contributed by atoms with van der Waals surface area (Å²) in [6.07, 6.45) is 1.22. The van der Waals surface area contributed by atoms with Crippen molar-refractivity contribution in [3.05, 3.63) is 0 Å². The Bertz CT molecular complexity index is 254. The lowest BCUT2D eigenvalue weighted by molar-refractivity contribution is -0.135. The highest BCUT2D eigenvalue weighted by Gasteiger charge is 2.40. The van der Waals surface area contributed by atoms with Gasteiger partial charge in [0, 0.05) is 23.6 Å². The number of carbonyl (C=O) groups excluding carboxylic acids is 2. The number of ketones is 1. The molecule has 0 spiro atoms. The van der Waals surface area contributed by atoms with Crippen LogP contribution < -0.4 is 0 Å². The lowest BCUT2D eigenvalue weighted by Crippen LogP contribution is -2.39. The number of likely N-dealkylation sites (tertiary alicyclic amines) is 1. The lowest BCUT2D eigenvalue weighted by atomic mass is 10.2. The van der Waals surface area contributed by atoms with Gasteiger partial charge in [0.15, 0.2) is 0 Å². The Morgan fingerprint density at radius 1 is 1.54 bits per heavy atom. The second-order valence-corrected chi connectivity index (χ2v) is 5.10. The van der Waals surface area contributed by atoms with E-state index in [0.717, 1.165) is 18.7 Å². The maximum absolute atomic E-state index is 11.5. The molecule has 2 atom stereocenters. The summed E-state index contributed by atoms with van der Waals surface area (Å²) in [4.78, 5) is 24.2. The van der Waals surface area contributed by atoms with Gasteiger partial charge in [-0.15, -0.1) is 0 Å². The van der Waals surface area contributed by atoms with Gasteiger partial charge in [-0.2, -0.15) is 11.8 Å². The highest BCUT2D eigenvalue weighted by atomic mass is 32.2. The molecule has 2 rings (SSSR count). The maximum Gasteiger partial charge on any atom is 0.230 e. The van der Waals surface area contributed by atoms with Gasteiger partial charge in [-0.1, -0.05) is 0 Å². The van der Waals surface area contributed by atoms with Crippen molar-refractivity contribution in [3.63, 3.8) is 0 Å². The van der Waals surface area contributed by atoms with Crippen LogP contribution in [-0.4, -0.2) is 40.2 Å². The third-order valence-corrected chi connectivity index (χ3v) is 4.01. The summed E-state index contributed by atoms with van der Waals surface area (Å²) >= 11 is 1.95. The molecule has 13 heavy (non-hydrogen) atoms. The molecule has 2 heterocycles. The summed E-state index contributed by atoms with van der Waals surface area (Å²) in [7, 11) is 0. The van der Waals surface area contributed by atoms with E-state index >= 15 is 0 Å². The van der Waals surface area contributed by atoms with Gasteiger partial charge in [0.25, 0.3) is 0 Å². The first kappa shape index (κ1) is 9.06. The average molecular weight is 199 g/mol. The fourth-order valence-corrected chi connectivity index (χ4v) is 3.45. The van der Waals surface area contributed by atoms with Crippen molar-refractivity contribution in [1.82, 2.24) is 4.90 Å². The maximum atomic E-state index is 11.5. The second-order valence-electron chi connectivity index (χ2n) is 3.77. The summed E-state index contributed by atoms with van der Waals surface area (Å²) < 4.78 is 0. The minimum Gasteiger partial charge on any atom is -0.337 e. The molecule has 2 fully saturated rings. The summed E-state index contributed by atoms with van der Waals surface area (Å²) in [5.74, 6) is 1.06. The van der Waals surface area contributed by atoms with Gasteiger partial charge >= 0.3 is 0 Å². The molecular weight excluding hydrogens is 186 g/mol. The molecule has 1 amide bonds. The molecule has 0 radical (unpaired) electrons. The first-order valence-corrected chi connectivity index (χ1v) is 5.62. The molecule has 0 aliphatic carbocycles. The quantitative estimate of drug-likeness (QED) is 0.614. The van der Waals surface area contributed by atoms with E-state index in [2.05, 4.69) is 0 Å². The van der Waals surface area contributed by atoms with Crippen molar-refractivity contribution in [2.45, 2.75) is 31.1 Å². The summed E-state index contributed by atoms with van der Waals surface area (Å²) in [5.41, 5.74) is 0. The van der Waals surface area contributed by atoms with Crippen LogP contribution in [0.15, 0.2) is 0 Å². The van der Waals surface area contributed by atoms with Crippen LogP contribution in [0.2, 0.25) is 0 Å². The van der Waals surface area contributed by atoms with Crippen molar-refractivity contribution < 1.29 is 9.59 Å². The van der Waals surface area contributed by atoms with Crippen molar-refractivity contribution in [3.8, 4) is 0 Å². The first-order valence-electron chi connectivity index (χ1n) is 4.57. The number of Topliss-reactive ketones (excluding diaryl/α,β-unsaturated/α-hetero) is 1. The molecule has 2 aliphatic heterocycles. The molecule has 0 aromatic rings. The summed E-state index contributed by atoms with van der Waals surface area (Å²) in [6, 6.07) is 0.418. The van der Waals surface area contributed by atoms with Gasteiger partial charge in [0.05, 0.1) is 6.42 Å². The Morgan fingerprint density at radius 2 is 2.31 bits per heavy atom. The van der Waals surface area contributed by atoms with E-state index in [1.54, 1.807) is 0 Å². The van der Waals surface area contributed by atoms with Gasteiger partial charge in [0.1, 0.15) is 5.78 Å². The standard InChI is InChI=1S/C9H13NO2S/c1-6(11)2-9(12)10-4-8-3-7(10)5-13-8/h7-8H,2-5H2,1H3. The molecule has 2 saturated heterocycles. The molecule has 0 saturated carbocycles. The number of hydrogen-bond donors (Lipinski definition) is 0. The van der Waals surface area contributed by atoms with E-state index < -0.39 is 0 Å². The molecule has 2 unspecified atom stereocenters. The van der Waals surface area contributed by atoms with Crippen LogP contribution in [0.3, 0.4) is 0 Å². The normalized spacial score (nSPS) is 31.0. The average Bonchev–Trinajstić information content (AvgIpc) is 2.62. The third-order valence-electron chi connectivity index (χ3n) is 2.62. The van der Waals surface area contributed by atoms with E-state index in [1.165, 1.54) is 6.92 Å². The van der Waals surface area contributed by atoms with Crippen LogP contribution in [0.4, 0.5) is 0 Å². The van der Waals surface area contributed by atoms with Crippen molar-refractivity contribution >= 4 is 23.5 Å². The van der Waals surface area contributed by atoms with Gasteiger partial charge in [0.2, 0.25) is 5.91 Å². The monoisotopic (exact) mass is 199 g/mol. The number of thioether (sulfide) groups is 1. The van der Waals surface area contributed by atoms with Crippen LogP contribution in [0.5, 0.6) is 0 Å². The molecule has 0 aromatic carbocycles. The van der Waals surface area contributed by atoms with Gasteiger partial charge in [-0.05, 0) is 13.3 Å². The van der Waals surface area contributed by atoms with Crippen LogP contribution in [-0.2, 0) is 9.59 Å². The first-order chi connectivity index (χ1) is 6.16. The Labute approximate surface area is 81.9 Å². The topological polar surface area (TPSA) is 37.4 Å². The van der Waals surface area contributed by atoms with E-state index in [9.17, 15) is 9.59 Å². The molecule has 0 aromatic heterocycles. The molecule has 72 valence electrons. The zero-order chi connectivity index (χ0) is 9.42. The zero-order valence-electron chi connectivity index (χ0n) is 7.66. The van der Waals surface area contributed by atoms with E-state index in [-0.39, 0.29) is 18.1 Å². The van der Waals surface area contributed by atoms with Crippen molar-refractivity contribution in [2.24, 2.45) is 0 Å². The molecule has 2 bridgehead atoms. The Hall–Kier alpha value is -0.510. The van der Waals surface area contributed by atoms with Crippen molar-refractivity contribution in [1.29, 1.82) is 0 Å². The highest BCUT2D eigenvalue weighted by molar-refractivity contribution is 8.00. The van der Waals surface area contributed by atoms with Gasteiger partial charge in [-0.3, -0.25) is 9.59 Å². The number of amides is 1. The van der Waals surface area contributed by atoms with Crippen LogP contribution in [0.1, 0.15) is 19.8 Å². The molecule has 4 heteroatoms. The Morgan fingerprint density at radius 3 is 2.77 bits per heavy atom. The van der Waals surface area contributed by atoms with Crippen LogP contribution >= 0.6 is 11.8 Å². The predicted molar refractivity (Wildman–Crippen MR) is 51.7 cm³/mol.